The fraction of sp³-hybridized carbons (Fsp3) is 0.905. The first-order valence-corrected chi connectivity index (χ1v) is 10.6. The molecule has 0 saturated heterocycles. The van der Waals surface area contributed by atoms with E-state index in [4.69, 9.17) is 5.11 Å². The number of aliphatic hydroxyl groups excluding tert-OH is 2. The first-order valence-electron chi connectivity index (χ1n) is 10.6. The van der Waals surface area contributed by atoms with Crippen LogP contribution in [0.15, 0.2) is 0 Å². The molecule has 0 aromatic rings. The Morgan fingerprint density at radius 2 is 1.27 bits per heavy atom. The Kier molecular flexibility index (Phi) is 16.8. The summed E-state index contributed by atoms with van der Waals surface area (Å²) in [5.41, 5.74) is 0. The summed E-state index contributed by atoms with van der Waals surface area (Å²) in [5.74, 6) is -1.42. The van der Waals surface area contributed by atoms with Crippen LogP contribution in [0.5, 0.6) is 0 Å². The summed E-state index contributed by atoms with van der Waals surface area (Å²) in [6, 6.07) is 0. The highest BCUT2D eigenvalue weighted by Gasteiger charge is 2.21. The summed E-state index contributed by atoms with van der Waals surface area (Å²) in [6.07, 6.45) is 13.8. The molecule has 0 amide bonds. The smallest absolute Gasteiger partial charge is 0.345 e. The van der Waals surface area contributed by atoms with Gasteiger partial charge in [-0.2, -0.15) is 0 Å². The van der Waals surface area contributed by atoms with Crippen LogP contribution in [0.3, 0.4) is 0 Å². The van der Waals surface area contributed by atoms with Gasteiger partial charge in [0, 0.05) is 6.42 Å². The van der Waals surface area contributed by atoms with Crippen LogP contribution in [0.2, 0.25) is 0 Å². The largest absolute Gasteiger partial charge is 0.393 e. The average Bonchev–Trinajstić information content (AvgIpc) is 2.63. The Labute approximate surface area is 159 Å². The molecule has 0 aliphatic heterocycles. The van der Waals surface area contributed by atoms with Crippen molar-refractivity contribution in [2.45, 2.75) is 110 Å². The Balaban J connectivity index is 4.23. The van der Waals surface area contributed by atoms with Gasteiger partial charge in [-0.05, 0) is 18.8 Å². The third-order valence-electron chi connectivity index (χ3n) is 4.80. The van der Waals surface area contributed by atoms with E-state index in [0.29, 0.717) is 0 Å². The van der Waals surface area contributed by atoms with Gasteiger partial charge in [0.2, 0.25) is 0 Å². The van der Waals surface area contributed by atoms with Crippen LogP contribution in [0.4, 0.5) is 0 Å². The average molecular weight is 373 g/mol. The second-order valence-electron chi connectivity index (χ2n) is 7.32. The fourth-order valence-corrected chi connectivity index (χ4v) is 3.13. The molecule has 5 nitrogen and oxygen atoms in total. The van der Waals surface area contributed by atoms with Crippen LogP contribution in [-0.2, 0) is 14.3 Å². The Morgan fingerprint density at radius 3 is 1.73 bits per heavy atom. The van der Waals surface area contributed by atoms with Crippen LogP contribution in [-0.4, -0.2) is 34.9 Å². The molecule has 0 spiro atoms. The van der Waals surface area contributed by atoms with Crippen molar-refractivity contribution in [1.29, 1.82) is 0 Å². The van der Waals surface area contributed by atoms with Gasteiger partial charge in [-0.3, -0.25) is 4.79 Å². The maximum absolute atomic E-state index is 12.0. The maximum atomic E-state index is 12.0. The van der Waals surface area contributed by atoms with Gasteiger partial charge in [-0.15, -0.1) is 0 Å². The molecule has 0 heterocycles. The summed E-state index contributed by atoms with van der Waals surface area (Å²) in [5, 5.41) is 17.9. The highest BCUT2D eigenvalue weighted by Crippen LogP contribution is 2.22. The van der Waals surface area contributed by atoms with Crippen LogP contribution >= 0.6 is 0 Å². The molecule has 0 aromatic heterocycles. The number of hydrogen-bond donors (Lipinski definition) is 2. The summed E-state index contributed by atoms with van der Waals surface area (Å²) >= 11 is 0. The molecule has 0 aromatic carbocycles. The lowest BCUT2D eigenvalue weighted by Gasteiger charge is -2.16. The standard InChI is InChI=1S/C21H40O5/c1-3-5-7-9-11-13-15-18(14-12-10-8-6-4-2)16-20(24)26-21(25)19(23)17-22/h18-19,22-23H,3-17H2,1-2H3. The summed E-state index contributed by atoms with van der Waals surface area (Å²) in [6.45, 7) is 3.66. The van der Waals surface area contributed by atoms with Crippen molar-refractivity contribution in [2.24, 2.45) is 5.92 Å². The summed E-state index contributed by atoms with van der Waals surface area (Å²) in [4.78, 5) is 23.4. The molecule has 154 valence electrons. The van der Waals surface area contributed by atoms with E-state index in [1.807, 2.05) is 0 Å². The van der Waals surface area contributed by atoms with Crippen molar-refractivity contribution in [3.63, 3.8) is 0 Å². The van der Waals surface area contributed by atoms with Gasteiger partial charge in [0.15, 0.2) is 6.10 Å². The van der Waals surface area contributed by atoms with Crippen LogP contribution in [0, 0.1) is 5.92 Å². The predicted molar refractivity (Wildman–Crippen MR) is 104 cm³/mol. The normalized spacial score (nSPS) is 13.4. The molecule has 0 aliphatic carbocycles. The number of esters is 2. The molecular weight excluding hydrogens is 332 g/mol. The molecular formula is C21H40O5. The molecule has 0 aliphatic rings. The van der Waals surface area contributed by atoms with Crippen molar-refractivity contribution in [3.8, 4) is 0 Å². The van der Waals surface area contributed by atoms with E-state index in [9.17, 15) is 14.7 Å². The van der Waals surface area contributed by atoms with E-state index in [1.54, 1.807) is 0 Å². The molecule has 2 unspecified atom stereocenters. The number of hydrogen-bond acceptors (Lipinski definition) is 5. The van der Waals surface area contributed by atoms with Crippen molar-refractivity contribution >= 4 is 11.9 Å². The van der Waals surface area contributed by atoms with E-state index in [2.05, 4.69) is 18.6 Å². The lowest BCUT2D eigenvalue weighted by atomic mass is 9.91. The second-order valence-corrected chi connectivity index (χ2v) is 7.32. The molecule has 0 radical (unpaired) electrons. The highest BCUT2D eigenvalue weighted by atomic mass is 16.6. The minimum atomic E-state index is -1.63. The summed E-state index contributed by atoms with van der Waals surface area (Å²) in [7, 11) is 0. The van der Waals surface area contributed by atoms with E-state index >= 15 is 0 Å². The molecule has 0 saturated carbocycles. The molecule has 5 heteroatoms. The van der Waals surface area contributed by atoms with Crippen molar-refractivity contribution < 1.29 is 24.5 Å². The molecule has 0 rings (SSSR count). The van der Waals surface area contributed by atoms with Crippen LogP contribution in [0.25, 0.3) is 0 Å². The Hall–Kier alpha value is -0.940. The highest BCUT2D eigenvalue weighted by molar-refractivity contribution is 5.87. The number of unbranched alkanes of at least 4 members (excludes halogenated alkanes) is 9. The van der Waals surface area contributed by atoms with Crippen LogP contribution < -0.4 is 0 Å². The van der Waals surface area contributed by atoms with Gasteiger partial charge in [0.25, 0.3) is 0 Å². The summed E-state index contributed by atoms with van der Waals surface area (Å²) < 4.78 is 4.65. The Morgan fingerprint density at radius 1 is 0.808 bits per heavy atom. The third-order valence-corrected chi connectivity index (χ3v) is 4.80. The van der Waals surface area contributed by atoms with Gasteiger partial charge < -0.3 is 14.9 Å². The van der Waals surface area contributed by atoms with Crippen molar-refractivity contribution in [2.75, 3.05) is 6.61 Å². The lowest BCUT2D eigenvalue weighted by molar-refractivity contribution is -0.167. The minimum Gasteiger partial charge on any atom is -0.393 e. The first-order chi connectivity index (χ1) is 12.5. The Bertz CT molecular complexity index is 356. The molecule has 2 N–H and O–H groups in total. The zero-order valence-corrected chi connectivity index (χ0v) is 16.9. The number of rotatable bonds is 17. The topological polar surface area (TPSA) is 83.8 Å². The third kappa shape index (κ3) is 14.3. The van der Waals surface area contributed by atoms with E-state index in [1.165, 1.54) is 57.8 Å². The molecule has 26 heavy (non-hydrogen) atoms. The second kappa shape index (κ2) is 17.5. The van der Waals surface area contributed by atoms with E-state index < -0.39 is 24.6 Å². The quantitative estimate of drug-likeness (QED) is 0.223. The van der Waals surface area contributed by atoms with Gasteiger partial charge >= 0.3 is 11.9 Å². The lowest BCUT2D eigenvalue weighted by Crippen LogP contribution is -2.29. The van der Waals surface area contributed by atoms with Gasteiger partial charge in [0.05, 0.1) is 6.61 Å². The number of carbonyl (C=O) groups excluding carboxylic acids is 2. The maximum Gasteiger partial charge on any atom is 0.345 e. The van der Waals surface area contributed by atoms with Crippen LogP contribution in [0.1, 0.15) is 104 Å². The molecule has 0 fully saturated rings. The van der Waals surface area contributed by atoms with E-state index in [-0.39, 0.29) is 12.3 Å². The number of ether oxygens (including phenoxy) is 1. The molecule has 2 atom stereocenters. The van der Waals surface area contributed by atoms with Crippen molar-refractivity contribution in [1.82, 2.24) is 0 Å². The van der Waals surface area contributed by atoms with Gasteiger partial charge in [0.1, 0.15) is 0 Å². The number of aliphatic hydroxyl groups is 2. The number of carbonyl (C=O) groups is 2. The first kappa shape index (κ1) is 25.1. The zero-order valence-electron chi connectivity index (χ0n) is 16.9. The minimum absolute atomic E-state index is 0.215. The predicted octanol–water partition coefficient (Wildman–Crippen LogP) is 4.53. The van der Waals surface area contributed by atoms with E-state index in [0.717, 1.165) is 25.7 Å². The zero-order chi connectivity index (χ0) is 19.6. The molecule has 0 bridgehead atoms. The SMILES string of the molecule is CCCCCCCCC(CCCCCCC)CC(=O)OC(=O)C(O)CO. The van der Waals surface area contributed by atoms with Gasteiger partial charge in [-0.1, -0.05) is 84.5 Å². The van der Waals surface area contributed by atoms with Crippen molar-refractivity contribution in [3.05, 3.63) is 0 Å². The van der Waals surface area contributed by atoms with Gasteiger partial charge in [-0.25, -0.2) is 4.79 Å². The monoisotopic (exact) mass is 372 g/mol. The fourth-order valence-electron chi connectivity index (χ4n) is 3.13.